The molecule has 0 amide bonds. The van der Waals surface area contributed by atoms with Crippen LogP contribution in [0.4, 0.5) is 5.00 Å². The fourth-order valence-electron chi connectivity index (χ4n) is 2.15. The molecule has 2 aromatic heterocycles. The molecule has 3 rings (SSSR count). The number of imidazole rings is 1. The Morgan fingerprint density at radius 1 is 1.35 bits per heavy atom. The van der Waals surface area contributed by atoms with Gasteiger partial charge in [0.15, 0.2) is 9.84 Å². The Kier molecular flexibility index (Phi) is 2.84. The summed E-state index contributed by atoms with van der Waals surface area (Å²) in [4.78, 5) is 8.85. The molecule has 20 heavy (non-hydrogen) atoms. The van der Waals surface area contributed by atoms with Crippen molar-refractivity contribution in [3.8, 4) is 11.4 Å². The first-order valence-corrected chi connectivity index (χ1v) is 8.62. The molecule has 2 heterocycles. The number of nitrogens with zero attached hydrogens (tertiary/aromatic N) is 1. The number of thiophene rings is 1. The highest BCUT2D eigenvalue weighted by atomic mass is 32.2. The van der Waals surface area contributed by atoms with Gasteiger partial charge >= 0.3 is 0 Å². The number of nitrogens with one attached hydrogen (secondary N) is 1. The van der Waals surface area contributed by atoms with Gasteiger partial charge in [-0.15, -0.1) is 11.3 Å². The predicted molar refractivity (Wildman–Crippen MR) is 81.7 cm³/mol. The maximum absolute atomic E-state index is 11.8. The van der Waals surface area contributed by atoms with Crippen LogP contribution in [-0.4, -0.2) is 24.6 Å². The fraction of sp³-hybridized carbons (Fsp3) is 0.154. The smallest absolute Gasteiger partial charge is 0.177 e. The monoisotopic (exact) mass is 307 g/mol. The van der Waals surface area contributed by atoms with Gasteiger partial charge in [-0.2, -0.15) is 0 Å². The van der Waals surface area contributed by atoms with Crippen LogP contribution < -0.4 is 5.73 Å². The summed E-state index contributed by atoms with van der Waals surface area (Å²) < 4.78 is 23.6. The number of fused-ring (bicyclic) bond motifs is 1. The lowest BCUT2D eigenvalue weighted by atomic mass is 10.3. The van der Waals surface area contributed by atoms with Crippen molar-refractivity contribution in [3.63, 3.8) is 0 Å². The van der Waals surface area contributed by atoms with Crippen molar-refractivity contribution >= 4 is 37.2 Å². The van der Waals surface area contributed by atoms with E-state index in [9.17, 15) is 8.42 Å². The minimum Gasteiger partial charge on any atom is -0.390 e. The molecule has 0 atom stereocenters. The number of rotatable bonds is 2. The maximum Gasteiger partial charge on any atom is 0.177 e. The molecule has 0 saturated carbocycles. The van der Waals surface area contributed by atoms with Crippen LogP contribution in [0.1, 0.15) is 4.88 Å². The number of H-pyrrole nitrogens is 1. The van der Waals surface area contributed by atoms with Crippen molar-refractivity contribution in [1.29, 1.82) is 0 Å². The zero-order valence-corrected chi connectivity index (χ0v) is 12.6. The first kappa shape index (κ1) is 13.1. The van der Waals surface area contributed by atoms with E-state index in [1.54, 1.807) is 18.2 Å². The van der Waals surface area contributed by atoms with Gasteiger partial charge in [0.25, 0.3) is 0 Å². The van der Waals surface area contributed by atoms with Crippen LogP contribution >= 0.6 is 11.3 Å². The summed E-state index contributed by atoms with van der Waals surface area (Å²) in [6, 6.07) is 7.00. The van der Waals surface area contributed by atoms with Gasteiger partial charge in [-0.1, -0.05) is 6.07 Å². The molecule has 0 saturated heterocycles. The third-order valence-electron chi connectivity index (χ3n) is 3.01. The van der Waals surface area contributed by atoms with Gasteiger partial charge in [0.2, 0.25) is 0 Å². The molecular weight excluding hydrogens is 294 g/mol. The zero-order chi connectivity index (χ0) is 14.5. The molecule has 1 aromatic carbocycles. The first-order chi connectivity index (χ1) is 9.36. The summed E-state index contributed by atoms with van der Waals surface area (Å²) >= 11 is 1.48. The van der Waals surface area contributed by atoms with E-state index in [4.69, 9.17) is 5.73 Å². The van der Waals surface area contributed by atoms with Crippen LogP contribution in [0.2, 0.25) is 0 Å². The lowest BCUT2D eigenvalue weighted by Gasteiger charge is -1.97. The summed E-state index contributed by atoms with van der Waals surface area (Å²) in [5.41, 5.74) is 7.91. The second-order valence-corrected chi connectivity index (χ2v) is 7.92. The normalized spacial score (nSPS) is 12.1. The molecule has 0 aliphatic carbocycles. The van der Waals surface area contributed by atoms with Crippen LogP contribution in [0, 0.1) is 6.92 Å². The van der Waals surface area contributed by atoms with E-state index in [2.05, 4.69) is 9.97 Å². The van der Waals surface area contributed by atoms with Crippen LogP contribution in [0.5, 0.6) is 0 Å². The number of sulfone groups is 1. The summed E-state index contributed by atoms with van der Waals surface area (Å²) in [5.74, 6) is 0.595. The minimum atomic E-state index is -3.31. The molecule has 5 nitrogen and oxygen atoms in total. The number of aromatic amines is 1. The molecule has 7 heteroatoms. The summed E-state index contributed by atoms with van der Waals surface area (Å²) in [7, 11) is -3.31. The lowest BCUT2D eigenvalue weighted by Crippen LogP contribution is -1.97. The molecule has 0 spiro atoms. The number of nitrogen functional groups attached to an aromatic ring is 1. The standard InChI is InChI=1S/C13H13N3O2S2/c1-7-6-8(12(14)19-7)13-15-9-4-3-5-10(11(9)16-13)20(2,17)18/h3-6H,14H2,1-2H3,(H,15,16). The number of nitrogens with two attached hydrogens (primary N) is 1. The van der Waals surface area contributed by atoms with E-state index in [0.29, 0.717) is 21.9 Å². The average Bonchev–Trinajstić information content (AvgIpc) is 2.89. The van der Waals surface area contributed by atoms with E-state index in [-0.39, 0.29) is 4.90 Å². The molecular formula is C13H13N3O2S2. The van der Waals surface area contributed by atoms with E-state index in [0.717, 1.165) is 10.4 Å². The Balaban J connectivity index is 2.29. The number of aromatic nitrogens is 2. The molecule has 0 radical (unpaired) electrons. The van der Waals surface area contributed by atoms with Crippen molar-refractivity contribution in [2.75, 3.05) is 12.0 Å². The SMILES string of the molecule is Cc1cc(-c2nc3c(S(C)(=O)=O)cccc3[nH]2)c(N)s1. The van der Waals surface area contributed by atoms with Crippen molar-refractivity contribution in [2.45, 2.75) is 11.8 Å². The Morgan fingerprint density at radius 2 is 2.10 bits per heavy atom. The van der Waals surface area contributed by atoms with Gasteiger partial charge in [-0.25, -0.2) is 13.4 Å². The summed E-state index contributed by atoms with van der Waals surface area (Å²) in [5, 5.41) is 0.669. The van der Waals surface area contributed by atoms with Crippen molar-refractivity contribution in [1.82, 2.24) is 9.97 Å². The Bertz CT molecular complexity index is 907. The van der Waals surface area contributed by atoms with Crippen LogP contribution in [0.25, 0.3) is 22.4 Å². The third-order valence-corrected chi connectivity index (χ3v) is 5.02. The van der Waals surface area contributed by atoms with Crippen molar-refractivity contribution < 1.29 is 8.42 Å². The second kappa shape index (κ2) is 4.32. The molecule has 0 aliphatic rings. The molecule has 104 valence electrons. The number of hydrogen-bond donors (Lipinski definition) is 2. The van der Waals surface area contributed by atoms with E-state index < -0.39 is 9.84 Å². The van der Waals surface area contributed by atoms with Crippen LogP contribution in [0.15, 0.2) is 29.2 Å². The molecule has 0 unspecified atom stereocenters. The van der Waals surface area contributed by atoms with Crippen LogP contribution in [-0.2, 0) is 9.84 Å². The fourth-order valence-corrected chi connectivity index (χ4v) is 3.77. The summed E-state index contributed by atoms with van der Waals surface area (Å²) in [6.45, 7) is 1.97. The molecule has 3 aromatic rings. The zero-order valence-electron chi connectivity index (χ0n) is 11.0. The van der Waals surface area contributed by atoms with Gasteiger partial charge in [-0.3, -0.25) is 0 Å². The van der Waals surface area contributed by atoms with E-state index in [1.807, 2.05) is 13.0 Å². The Hall–Kier alpha value is -1.86. The third kappa shape index (κ3) is 2.08. The average molecular weight is 307 g/mol. The lowest BCUT2D eigenvalue weighted by molar-refractivity contribution is 0.602. The highest BCUT2D eigenvalue weighted by Gasteiger charge is 2.17. The number of aryl methyl sites for hydroxylation is 1. The molecule has 3 N–H and O–H groups in total. The van der Waals surface area contributed by atoms with Gasteiger partial charge < -0.3 is 10.7 Å². The minimum absolute atomic E-state index is 0.225. The first-order valence-electron chi connectivity index (χ1n) is 5.91. The highest BCUT2D eigenvalue weighted by molar-refractivity contribution is 7.91. The number of benzene rings is 1. The number of hydrogen-bond acceptors (Lipinski definition) is 5. The Labute approximate surface area is 120 Å². The predicted octanol–water partition coefficient (Wildman–Crippen LogP) is 2.59. The van der Waals surface area contributed by atoms with Gasteiger partial charge in [0.05, 0.1) is 21.0 Å². The highest BCUT2D eigenvalue weighted by Crippen LogP contribution is 2.33. The van der Waals surface area contributed by atoms with E-state index in [1.165, 1.54) is 17.6 Å². The van der Waals surface area contributed by atoms with Crippen molar-refractivity contribution in [2.24, 2.45) is 0 Å². The Morgan fingerprint density at radius 3 is 2.70 bits per heavy atom. The second-order valence-electron chi connectivity index (χ2n) is 4.64. The van der Waals surface area contributed by atoms with Crippen molar-refractivity contribution in [3.05, 3.63) is 29.1 Å². The largest absolute Gasteiger partial charge is 0.390 e. The molecule has 0 bridgehead atoms. The quantitative estimate of drug-likeness (QED) is 0.761. The van der Waals surface area contributed by atoms with Crippen LogP contribution in [0.3, 0.4) is 0 Å². The van der Waals surface area contributed by atoms with Gasteiger partial charge in [0, 0.05) is 11.1 Å². The number of anilines is 1. The molecule has 0 aliphatic heterocycles. The van der Waals surface area contributed by atoms with E-state index >= 15 is 0 Å². The summed E-state index contributed by atoms with van der Waals surface area (Å²) in [6.07, 6.45) is 1.18. The maximum atomic E-state index is 11.8. The van der Waals surface area contributed by atoms with Gasteiger partial charge in [0.1, 0.15) is 11.3 Å². The topological polar surface area (TPSA) is 88.8 Å². The van der Waals surface area contributed by atoms with Gasteiger partial charge in [-0.05, 0) is 25.1 Å². The number of para-hydroxylation sites is 1. The molecule has 0 fully saturated rings.